The van der Waals surface area contributed by atoms with Gasteiger partial charge in [-0.15, -0.1) is 5.10 Å². The number of amides is 1. The quantitative estimate of drug-likeness (QED) is 0.717. The van der Waals surface area contributed by atoms with Crippen LogP contribution >= 0.6 is 0 Å². The summed E-state index contributed by atoms with van der Waals surface area (Å²) < 4.78 is 2.77. The number of carbonyl (C=O) groups is 1. The van der Waals surface area contributed by atoms with Gasteiger partial charge in [0, 0.05) is 12.2 Å². The molecule has 1 aromatic carbocycles. The molecular weight excluding hydrogens is 340 g/mol. The summed E-state index contributed by atoms with van der Waals surface area (Å²) in [6, 6.07) is 14.3. The molecule has 0 N–H and O–H groups in total. The van der Waals surface area contributed by atoms with Crippen LogP contribution in [0.3, 0.4) is 0 Å². The molecule has 0 saturated heterocycles. The molecule has 1 unspecified atom stereocenters. The smallest absolute Gasteiger partial charge is 0.331 e. The average molecular weight is 362 g/mol. The molecule has 1 atom stereocenters. The first-order chi connectivity index (χ1) is 13.2. The molecule has 5 rings (SSSR count). The van der Waals surface area contributed by atoms with Gasteiger partial charge in [0.2, 0.25) is 5.91 Å². The lowest BCUT2D eigenvalue weighted by molar-refractivity contribution is -0.135. The van der Waals surface area contributed by atoms with Crippen molar-refractivity contribution in [2.75, 3.05) is 0 Å². The summed E-state index contributed by atoms with van der Waals surface area (Å²) in [7, 11) is 0. The predicted molar refractivity (Wildman–Crippen MR) is 101 cm³/mol. The summed E-state index contributed by atoms with van der Waals surface area (Å²) in [5, 5.41) is 4.32. The Morgan fingerprint density at radius 2 is 1.93 bits per heavy atom. The van der Waals surface area contributed by atoms with E-state index >= 15 is 0 Å². The van der Waals surface area contributed by atoms with Crippen LogP contribution in [0.25, 0.3) is 5.65 Å². The molecule has 0 bridgehead atoms. The van der Waals surface area contributed by atoms with Gasteiger partial charge in [-0.3, -0.25) is 9.20 Å². The molecule has 2 aromatic heterocycles. The Kier molecular flexibility index (Phi) is 3.85. The summed E-state index contributed by atoms with van der Waals surface area (Å²) in [6.07, 6.45) is 6.92. The zero-order valence-electron chi connectivity index (χ0n) is 15.1. The number of aryl methyl sites for hydroxylation is 1. The van der Waals surface area contributed by atoms with E-state index in [0.717, 1.165) is 32.1 Å². The molecule has 0 spiro atoms. The molecule has 2 heterocycles. The highest BCUT2D eigenvalue weighted by atomic mass is 16.2. The first kappa shape index (κ1) is 16.3. The van der Waals surface area contributed by atoms with E-state index in [1.807, 2.05) is 11.0 Å². The van der Waals surface area contributed by atoms with Gasteiger partial charge >= 0.3 is 5.69 Å². The second-order valence-corrected chi connectivity index (χ2v) is 7.51. The Labute approximate surface area is 157 Å². The fraction of sp³-hybridized carbons (Fsp3) is 0.381. The van der Waals surface area contributed by atoms with Crippen LogP contribution in [-0.4, -0.2) is 31.0 Å². The SMILES string of the molecule is O=C(Cn1nc2ccccn2c1=O)N(C1CC1)C1CCCc2ccccc21. The fourth-order valence-electron chi connectivity index (χ4n) is 4.28. The second-order valence-electron chi connectivity index (χ2n) is 7.51. The van der Waals surface area contributed by atoms with Crippen molar-refractivity contribution in [2.45, 2.75) is 50.7 Å². The number of aromatic nitrogens is 3. The Bertz CT molecular complexity index is 1060. The summed E-state index contributed by atoms with van der Waals surface area (Å²) in [6.45, 7) is -0.00429. The molecule has 2 aliphatic carbocycles. The highest BCUT2D eigenvalue weighted by Gasteiger charge is 2.39. The van der Waals surface area contributed by atoms with Crippen molar-refractivity contribution in [3.63, 3.8) is 0 Å². The minimum absolute atomic E-state index is 0.00429. The van der Waals surface area contributed by atoms with E-state index < -0.39 is 0 Å². The maximum Gasteiger partial charge on any atom is 0.350 e. The van der Waals surface area contributed by atoms with Gasteiger partial charge in [0.15, 0.2) is 5.65 Å². The van der Waals surface area contributed by atoms with Crippen molar-refractivity contribution >= 4 is 11.6 Å². The monoisotopic (exact) mass is 362 g/mol. The average Bonchev–Trinajstić information content (AvgIpc) is 3.48. The molecular formula is C21H22N4O2. The molecule has 138 valence electrons. The molecule has 2 aliphatic rings. The molecule has 3 aromatic rings. The van der Waals surface area contributed by atoms with Gasteiger partial charge in [-0.2, -0.15) is 0 Å². The minimum atomic E-state index is -0.265. The second kappa shape index (κ2) is 6.37. The van der Waals surface area contributed by atoms with E-state index in [2.05, 4.69) is 29.4 Å². The molecule has 1 saturated carbocycles. The normalized spacial score (nSPS) is 19.0. The van der Waals surface area contributed by atoms with Crippen LogP contribution in [0.15, 0.2) is 53.5 Å². The Balaban J connectivity index is 1.47. The Morgan fingerprint density at radius 3 is 2.74 bits per heavy atom. The van der Waals surface area contributed by atoms with E-state index in [4.69, 9.17) is 0 Å². The lowest BCUT2D eigenvalue weighted by Crippen LogP contribution is -2.41. The van der Waals surface area contributed by atoms with Gasteiger partial charge in [-0.05, 0) is 55.4 Å². The summed E-state index contributed by atoms with van der Waals surface area (Å²) in [5.41, 5.74) is 2.92. The number of benzene rings is 1. The number of rotatable bonds is 4. The number of hydrogen-bond acceptors (Lipinski definition) is 3. The van der Waals surface area contributed by atoms with Crippen molar-refractivity contribution in [1.82, 2.24) is 19.1 Å². The van der Waals surface area contributed by atoms with E-state index in [0.29, 0.717) is 11.7 Å². The van der Waals surface area contributed by atoms with Gasteiger partial charge in [-0.1, -0.05) is 30.3 Å². The van der Waals surface area contributed by atoms with Crippen LogP contribution in [0, 0.1) is 0 Å². The third kappa shape index (κ3) is 2.85. The van der Waals surface area contributed by atoms with Gasteiger partial charge in [-0.25, -0.2) is 9.48 Å². The fourth-order valence-corrected chi connectivity index (χ4v) is 4.28. The van der Waals surface area contributed by atoms with Crippen molar-refractivity contribution in [3.8, 4) is 0 Å². The molecule has 27 heavy (non-hydrogen) atoms. The van der Waals surface area contributed by atoms with Crippen molar-refractivity contribution in [2.24, 2.45) is 0 Å². The van der Waals surface area contributed by atoms with Crippen molar-refractivity contribution in [3.05, 3.63) is 70.3 Å². The summed E-state index contributed by atoms with van der Waals surface area (Å²) in [4.78, 5) is 27.8. The first-order valence-corrected chi connectivity index (χ1v) is 9.65. The van der Waals surface area contributed by atoms with Gasteiger partial charge < -0.3 is 4.90 Å². The van der Waals surface area contributed by atoms with Crippen LogP contribution in [0.1, 0.15) is 42.9 Å². The van der Waals surface area contributed by atoms with E-state index in [1.54, 1.807) is 18.3 Å². The van der Waals surface area contributed by atoms with E-state index in [9.17, 15) is 9.59 Å². The number of pyridine rings is 1. The third-order valence-corrected chi connectivity index (χ3v) is 5.68. The number of nitrogens with zero attached hydrogens (tertiary/aromatic N) is 4. The molecule has 6 heteroatoms. The van der Waals surface area contributed by atoms with Gasteiger partial charge in [0.25, 0.3) is 0 Å². The summed E-state index contributed by atoms with van der Waals surface area (Å²) in [5.74, 6) is -0.00953. The maximum absolute atomic E-state index is 13.2. The standard InChI is InChI=1S/C21H22N4O2/c26-20(14-24-21(27)23-13-4-3-10-19(23)22-24)25(16-11-12-16)18-9-5-7-15-6-1-2-8-17(15)18/h1-4,6,8,10,13,16,18H,5,7,9,11-12,14H2. The molecule has 0 aliphatic heterocycles. The van der Waals surface area contributed by atoms with Crippen LogP contribution in [0.2, 0.25) is 0 Å². The van der Waals surface area contributed by atoms with Crippen LogP contribution in [-0.2, 0) is 17.8 Å². The number of hydrogen-bond donors (Lipinski definition) is 0. The van der Waals surface area contributed by atoms with Crippen molar-refractivity contribution in [1.29, 1.82) is 0 Å². The number of carbonyl (C=O) groups excluding carboxylic acids is 1. The Hall–Kier alpha value is -2.89. The largest absolute Gasteiger partial charge is 0.350 e. The lowest BCUT2D eigenvalue weighted by atomic mass is 9.86. The van der Waals surface area contributed by atoms with E-state index in [-0.39, 0.29) is 24.2 Å². The highest BCUT2D eigenvalue weighted by Crippen LogP contribution is 2.40. The van der Waals surface area contributed by atoms with Crippen LogP contribution < -0.4 is 5.69 Å². The zero-order chi connectivity index (χ0) is 18.4. The first-order valence-electron chi connectivity index (χ1n) is 9.65. The molecule has 1 amide bonds. The predicted octanol–water partition coefficient (Wildman–Crippen LogP) is 2.56. The molecule has 0 radical (unpaired) electrons. The zero-order valence-corrected chi connectivity index (χ0v) is 15.1. The van der Waals surface area contributed by atoms with Crippen LogP contribution in [0.4, 0.5) is 0 Å². The van der Waals surface area contributed by atoms with Crippen molar-refractivity contribution < 1.29 is 4.79 Å². The topological polar surface area (TPSA) is 59.6 Å². The number of fused-ring (bicyclic) bond motifs is 2. The molecule has 1 fully saturated rings. The summed E-state index contributed by atoms with van der Waals surface area (Å²) >= 11 is 0. The van der Waals surface area contributed by atoms with E-state index in [1.165, 1.54) is 20.2 Å². The Morgan fingerprint density at radius 1 is 1.11 bits per heavy atom. The molecule has 6 nitrogen and oxygen atoms in total. The van der Waals surface area contributed by atoms with Crippen LogP contribution in [0.5, 0.6) is 0 Å². The lowest BCUT2D eigenvalue weighted by Gasteiger charge is -2.36. The van der Waals surface area contributed by atoms with Gasteiger partial charge in [0.1, 0.15) is 6.54 Å². The third-order valence-electron chi connectivity index (χ3n) is 5.68. The van der Waals surface area contributed by atoms with Gasteiger partial charge in [0.05, 0.1) is 6.04 Å². The maximum atomic E-state index is 13.2. The highest BCUT2D eigenvalue weighted by molar-refractivity contribution is 5.77. The minimum Gasteiger partial charge on any atom is -0.331 e.